The van der Waals surface area contributed by atoms with Gasteiger partial charge in [-0.15, -0.1) is 0 Å². The maximum absolute atomic E-state index is 10.5. The SMILES string of the molecule is Cc1occc(=O)c1O.O. The fraction of sp³-hybridized carbons (Fsp3) is 0.167. The van der Waals surface area contributed by atoms with Crippen molar-refractivity contribution in [1.82, 2.24) is 0 Å². The molecule has 1 heterocycles. The molecule has 0 aliphatic heterocycles. The highest BCUT2D eigenvalue weighted by Crippen LogP contribution is 2.06. The van der Waals surface area contributed by atoms with Crippen molar-refractivity contribution in [3.8, 4) is 5.75 Å². The first-order chi connectivity index (χ1) is 4.22. The predicted molar refractivity (Wildman–Crippen MR) is 35.0 cm³/mol. The maximum atomic E-state index is 10.5. The fourth-order valence-electron chi connectivity index (χ4n) is 0.506. The highest BCUT2D eigenvalue weighted by molar-refractivity contribution is 5.20. The zero-order valence-electron chi connectivity index (χ0n) is 5.42. The normalized spacial score (nSPS) is 8.50. The molecule has 0 atom stereocenters. The molecule has 0 bridgehead atoms. The van der Waals surface area contributed by atoms with E-state index in [9.17, 15) is 4.79 Å². The minimum Gasteiger partial charge on any atom is -0.502 e. The first kappa shape index (κ1) is 8.71. The summed E-state index contributed by atoms with van der Waals surface area (Å²) in [6, 6.07) is 1.17. The van der Waals surface area contributed by atoms with Gasteiger partial charge in [0.05, 0.1) is 6.26 Å². The van der Waals surface area contributed by atoms with E-state index in [-0.39, 0.29) is 17.0 Å². The van der Waals surface area contributed by atoms with Gasteiger partial charge in [-0.25, -0.2) is 0 Å². The number of rotatable bonds is 0. The molecule has 56 valence electrons. The zero-order valence-corrected chi connectivity index (χ0v) is 5.42. The van der Waals surface area contributed by atoms with Crippen LogP contribution in [0.4, 0.5) is 0 Å². The molecule has 1 rings (SSSR count). The van der Waals surface area contributed by atoms with Crippen molar-refractivity contribution in [2.45, 2.75) is 6.92 Å². The summed E-state index contributed by atoms with van der Waals surface area (Å²) in [4.78, 5) is 10.5. The molecule has 0 unspecified atom stereocenters. The summed E-state index contributed by atoms with van der Waals surface area (Å²) in [6.45, 7) is 1.52. The largest absolute Gasteiger partial charge is 0.502 e. The average molecular weight is 144 g/mol. The topological polar surface area (TPSA) is 81.9 Å². The van der Waals surface area contributed by atoms with Gasteiger partial charge in [-0.1, -0.05) is 0 Å². The number of hydrogen-bond acceptors (Lipinski definition) is 3. The Labute approximate surface area is 57.0 Å². The third kappa shape index (κ3) is 1.35. The molecule has 4 nitrogen and oxygen atoms in total. The number of aromatic hydroxyl groups is 1. The van der Waals surface area contributed by atoms with Gasteiger partial charge in [0.2, 0.25) is 11.2 Å². The van der Waals surface area contributed by atoms with Gasteiger partial charge in [0, 0.05) is 6.07 Å². The maximum Gasteiger partial charge on any atom is 0.226 e. The van der Waals surface area contributed by atoms with E-state index in [2.05, 4.69) is 4.42 Å². The lowest BCUT2D eigenvalue weighted by molar-refractivity contribution is 0.411. The van der Waals surface area contributed by atoms with Crippen LogP contribution in [0.5, 0.6) is 5.75 Å². The van der Waals surface area contributed by atoms with Crippen LogP contribution in [0.15, 0.2) is 21.5 Å². The molecule has 0 aromatic carbocycles. The van der Waals surface area contributed by atoms with Crippen molar-refractivity contribution >= 4 is 0 Å². The molecule has 0 spiro atoms. The van der Waals surface area contributed by atoms with Gasteiger partial charge in [-0.3, -0.25) is 4.79 Å². The van der Waals surface area contributed by atoms with E-state index in [1.165, 1.54) is 19.3 Å². The van der Waals surface area contributed by atoms with E-state index in [0.29, 0.717) is 0 Å². The van der Waals surface area contributed by atoms with Gasteiger partial charge >= 0.3 is 0 Å². The number of hydrogen-bond donors (Lipinski definition) is 1. The minimum absolute atomic E-state index is 0. The summed E-state index contributed by atoms with van der Waals surface area (Å²) in [5.74, 6) is -0.0556. The molecule has 4 heteroatoms. The lowest BCUT2D eigenvalue weighted by atomic mass is 10.4. The van der Waals surface area contributed by atoms with Crippen molar-refractivity contribution in [1.29, 1.82) is 0 Å². The summed E-state index contributed by atoms with van der Waals surface area (Å²) in [5, 5.41) is 8.80. The third-order valence-electron chi connectivity index (χ3n) is 1.03. The zero-order chi connectivity index (χ0) is 6.85. The van der Waals surface area contributed by atoms with E-state index in [1.807, 2.05) is 0 Å². The second-order valence-electron chi connectivity index (χ2n) is 1.69. The molecule has 1 aromatic rings. The van der Waals surface area contributed by atoms with Crippen molar-refractivity contribution in [2.75, 3.05) is 0 Å². The summed E-state index contributed by atoms with van der Waals surface area (Å²) in [5.41, 5.74) is -0.404. The standard InChI is InChI=1S/C6H6O3.H2O/c1-4-6(8)5(7)2-3-9-4;/h2-3,8H,1H3;1H2. The van der Waals surface area contributed by atoms with Gasteiger partial charge in [0.25, 0.3) is 0 Å². The van der Waals surface area contributed by atoms with Crippen LogP contribution in [-0.2, 0) is 0 Å². The molecule has 0 aliphatic carbocycles. The fourth-order valence-corrected chi connectivity index (χ4v) is 0.506. The quantitative estimate of drug-likeness (QED) is 0.548. The molecule has 0 saturated heterocycles. The monoisotopic (exact) mass is 144 g/mol. The minimum atomic E-state index is -0.404. The summed E-state index contributed by atoms with van der Waals surface area (Å²) in [7, 11) is 0. The second-order valence-corrected chi connectivity index (χ2v) is 1.69. The smallest absolute Gasteiger partial charge is 0.226 e. The molecule has 10 heavy (non-hydrogen) atoms. The van der Waals surface area contributed by atoms with Crippen molar-refractivity contribution in [3.05, 3.63) is 28.3 Å². The lowest BCUT2D eigenvalue weighted by Crippen LogP contribution is -1.97. The summed E-state index contributed by atoms with van der Waals surface area (Å²) < 4.78 is 4.69. The first-order valence-corrected chi connectivity index (χ1v) is 2.49. The average Bonchev–Trinajstić information content (AvgIpc) is 1.83. The van der Waals surface area contributed by atoms with Crippen molar-refractivity contribution in [2.24, 2.45) is 0 Å². The van der Waals surface area contributed by atoms with Gasteiger partial charge in [0.15, 0.2) is 0 Å². The van der Waals surface area contributed by atoms with Crippen LogP contribution >= 0.6 is 0 Å². The van der Waals surface area contributed by atoms with Crippen LogP contribution in [0.1, 0.15) is 5.76 Å². The van der Waals surface area contributed by atoms with Gasteiger partial charge in [-0.05, 0) is 6.92 Å². The third-order valence-corrected chi connectivity index (χ3v) is 1.03. The van der Waals surface area contributed by atoms with E-state index in [1.54, 1.807) is 0 Å². The molecule has 0 radical (unpaired) electrons. The second kappa shape index (κ2) is 3.03. The predicted octanol–water partition coefficient (Wildman–Crippen LogP) is -0.171. The van der Waals surface area contributed by atoms with E-state index >= 15 is 0 Å². The summed E-state index contributed by atoms with van der Waals surface area (Å²) in [6.07, 6.45) is 1.25. The lowest BCUT2D eigenvalue weighted by Gasteiger charge is -1.91. The van der Waals surface area contributed by atoms with Crippen LogP contribution in [0.2, 0.25) is 0 Å². The number of aryl methyl sites for hydroxylation is 1. The molecule has 1 aromatic heterocycles. The van der Waals surface area contributed by atoms with Crippen molar-refractivity contribution < 1.29 is 15.0 Å². The van der Waals surface area contributed by atoms with Gasteiger partial charge in [0.1, 0.15) is 5.76 Å². The first-order valence-electron chi connectivity index (χ1n) is 2.49. The molecule has 0 aliphatic rings. The Bertz CT molecular complexity index is 263. The van der Waals surface area contributed by atoms with E-state index < -0.39 is 5.43 Å². The highest BCUT2D eigenvalue weighted by Gasteiger charge is 1.98. The molecular weight excluding hydrogens is 136 g/mol. The Morgan fingerprint density at radius 1 is 1.60 bits per heavy atom. The van der Waals surface area contributed by atoms with Crippen LogP contribution in [0, 0.1) is 6.92 Å². The Balaban J connectivity index is 0.000000810. The highest BCUT2D eigenvalue weighted by atomic mass is 16.4. The van der Waals surface area contributed by atoms with E-state index in [0.717, 1.165) is 0 Å². The van der Waals surface area contributed by atoms with Crippen LogP contribution in [0.25, 0.3) is 0 Å². The Kier molecular flexibility index (Phi) is 2.64. The van der Waals surface area contributed by atoms with E-state index in [4.69, 9.17) is 5.11 Å². The van der Waals surface area contributed by atoms with Crippen molar-refractivity contribution in [3.63, 3.8) is 0 Å². The van der Waals surface area contributed by atoms with Gasteiger partial charge < -0.3 is 15.0 Å². The molecule has 0 amide bonds. The Hall–Kier alpha value is -1.29. The molecule has 3 N–H and O–H groups in total. The van der Waals surface area contributed by atoms with Gasteiger partial charge in [-0.2, -0.15) is 0 Å². The molecule has 0 fully saturated rings. The molecule has 0 saturated carbocycles. The Morgan fingerprint density at radius 3 is 2.60 bits per heavy atom. The summed E-state index contributed by atoms with van der Waals surface area (Å²) >= 11 is 0. The Morgan fingerprint density at radius 2 is 2.20 bits per heavy atom. The van der Waals surface area contributed by atoms with Crippen LogP contribution < -0.4 is 5.43 Å². The molecular formula is C6H8O4. The van der Waals surface area contributed by atoms with Crippen LogP contribution in [0.3, 0.4) is 0 Å². The van der Waals surface area contributed by atoms with Crippen LogP contribution in [-0.4, -0.2) is 10.6 Å².